The molecule has 0 aliphatic heterocycles. The molecule has 1 unspecified atom stereocenters. The molecule has 1 atom stereocenters. The largest absolute Gasteiger partial charge is 0.355 e. The van der Waals surface area contributed by atoms with Crippen LogP contribution in [-0.4, -0.2) is 37.5 Å². The molecule has 1 rings (SSSR count). The normalized spacial score (nSPS) is 11.8. The lowest BCUT2D eigenvalue weighted by atomic mass is 10.1. The highest BCUT2D eigenvalue weighted by molar-refractivity contribution is 5.94. The molecule has 116 valence electrons. The minimum atomic E-state index is -0.257. The van der Waals surface area contributed by atoms with Crippen LogP contribution in [0.25, 0.3) is 0 Å². The van der Waals surface area contributed by atoms with Gasteiger partial charge in [-0.1, -0.05) is 24.6 Å². The van der Waals surface area contributed by atoms with E-state index in [0.29, 0.717) is 25.2 Å². The molecule has 0 radical (unpaired) electrons. The monoisotopic (exact) mass is 291 g/mol. The maximum absolute atomic E-state index is 11.9. The predicted molar refractivity (Wildman–Crippen MR) is 84.3 cm³/mol. The summed E-state index contributed by atoms with van der Waals surface area (Å²) in [5.74, 6) is -0.110. The summed E-state index contributed by atoms with van der Waals surface area (Å²) in [5.41, 5.74) is 1.77. The van der Waals surface area contributed by atoms with Crippen LogP contribution in [0.2, 0.25) is 0 Å². The fraction of sp³-hybridized carbons (Fsp3) is 0.500. The summed E-state index contributed by atoms with van der Waals surface area (Å²) in [4.78, 5) is 23.5. The van der Waals surface area contributed by atoms with Crippen LogP contribution in [0.4, 0.5) is 0 Å². The fourth-order valence-electron chi connectivity index (χ4n) is 1.77. The molecule has 0 aliphatic carbocycles. The molecule has 3 N–H and O–H groups in total. The van der Waals surface area contributed by atoms with Crippen molar-refractivity contribution in [1.82, 2.24) is 16.0 Å². The van der Waals surface area contributed by atoms with E-state index < -0.39 is 0 Å². The van der Waals surface area contributed by atoms with Crippen molar-refractivity contribution in [3.63, 3.8) is 0 Å². The first-order valence-electron chi connectivity index (χ1n) is 7.40. The topological polar surface area (TPSA) is 70.2 Å². The maximum atomic E-state index is 11.9. The zero-order chi connectivity index (χ0) is 15.7. The first-order chi connectivity index (χ1) is 10.0. The number of rotatable bonds is 8. The van der Waals surface area contributed by atoms with Crippen molar-refractivity contribution in [3.05, 3.63) is 35.4 Å². The zero-order valence-corrected chi connectivity index (χ0v) is 13.0. The molecule has 0 spiro atoms. The Morgan fingerprint density at radius 1 is 1.05 bits per heavy atom. The van der Waals surface area contributed by atoms with E-state index in [9.17, 15) is 9.59 Å². The second kappa shape index (κ2) is 9.13. The second-order valence-corrected chi connectivity index (χ2v) is 5.09. The number of aryl methyl sites for hydroxylation is 1. The quantitative estimate of drug-likeness (QED) is 0.631. The van der Waals surface area contributed by atoms with Gasteiger partial charge in [-0.15, -0.1) is 0 Å². The Balaban J connectivity index is 2.23. The lowest BCUT2D eigenvalue weighted by Crippen LogP contribution is -2.44. The molecule has 1 aromatic carbocycles. The van der Waals surface area contributed by atoms with Crippen molar-refractivity contribution in [1.29, 1.82) is 0 Å². The summed E-state index contributed by atoms with van der Waals surface area (Å²) < 4.78 is 0. The van der Waals surface area contributed by atoms with E-state index >= 15 is 0 Å². The minimum Gasteiger partial charge on any atom is -0.355 e. The lowest BCUT2D eigenvalue weighted by Gasteiger charge is -2.14. The zero-order valence-electron chi connectivity index (χ0n) is 13.0. The standard InChI is InChI=1S/C16H25N3O2/c1-4-9-18-15(20)13(3)17-10-11-19-16(21)14-7-5-12(2)6-8-14/h5-8,13,17H,4,9-11H2,1-3H3,(H,18,20)(H,19,21). The van der Waals surface area contributed by atoms with Gasteiger partial charge in [0, 0.05) is 25.2 Å². The summed E-state index contributed by atoms with van der Waals surface area (Å²) in [6.07, 6.45) is 0.922. The number of benzene rings is 1. The molecule has 0 heterocycles. The number of hydrogen-bond acceptors (Lipinski definition) is 3. The van der Waals surface area contributed by atoms with E-state index in [1.54, 1.807) is 12.1 Å². The molecule has 2 amide bonds. The predicted octanol–water partition coefficient (Wildman–Crippen LogP) is 1.23. The summed E-state index contributed by atoms with van der Waals surface area (Å²) in [6, 6.07) is 7.17. The van der Waals surface area contributed by atoms with Gasteiger partial charge in [0.15, 0.2) is 0 Å². The second-order valence-electron chi connectivity index (χ2n) is 5.09. The van der Waals surface area contributed by atoms with E-state index in [4.69, 9.17) is 0 Å². The van der Waals surface area contributed by atoms with Gasteiger partial charge in [-0.25, -0.2) is 0 Å². The van der Waals surface area contributed by atoms with Crippen LogP contribution >= 0.6 is 0 Å². The van der Waals surface area contributed by atoms with Gasteiger partial charge in [0.25, 0.3) is 5.91 Å². The number of hydrogen-bond donors (Lipinski definition) is 3. The number of amides is 2. The Labute approximate surface area is 126 Å². The Hall–Kier alpha value is -1.88. The molecule has 0 saturated carbocycles. The molecular formula is C16H25N3O2. The summed E-state index contributed by atoms with van der Waals surface area (Å²) in [5, 5.41) is 8.73. The molecule has 0 fully saturated rings. The van der Waals surface area contributed by atoms with Crippen molar-refractivity contribution < 1.29 is 9.59 Å². The van der Waals surface area contributed by atoms with Gasteiger partial charge in [0.05, 0.1) is 6.04 Å². The van der Waals surface area contributed by atoms with Gasteiger partial charge in [-0.2, -0.15) is 0 Å². The molecule has 0 aromatic heterocycles. The molecule has 1 aromatic rings. The fourth-order valence-corrected chi connectivity index (χ4v) is 1.77. The van der Waals surface area contributed by atoms with Crippen molar-refractivity contribution >= 4 is 11.8 Å². The Morgan fingerprint density at radius 2 is 1.71 bits per heavy atom. The molecular weight excluding hydrogens is 266 g/mol. The van der Waals surface area contributed by atoms with Crippen LogP contribution in [0.3, 0.4) is 0 Å². The third-order valence-corrected chi connectivity index (χ3v) is 3.12. The van der Waals surface area contributed by atoms with Crippen molar-refractivity contribution in [2.75, 3.05) is 19.6 Å². The van der Waals surface area contributed by atoms with Gasteiger partial charge in [0.1, 0.15) is 0 Å². The van der Waals surface area contributed by atoms with Gasteiger partial charge in [0.2, 0.25) is 5.91 Å². The SMILES string of the molecule is CCCNC(=O)C(C)NCCNC(=O)c1ccc(C)cc1. The third-order valence-electron chi connectivity index (χ3n) is 3.12. The van der Waals surface area contributed by atoms with Crippen molar-refractivity contribution in [3.8, 4) is 0 Å². The minimum absolute atomic E-state index is 0.0123. The molecule has 5 nitrogen and oxygen atoms in total. The van der Waals surface area contributed by atoms with Crippen LogP contribution in [0, 0.1) is 6.92 Å². The highest BCUT2D eigenvalue weighted by Crippen LogP contribution is 2.02. The van der Waals surface area contributed by atoms with Crippen LogP contribution in [-0.2, 0) is 4.79 Å². The molecule has 0 saturated heterocycles. The molecule has 21 heavy (non-hydrogen) atoms. The van der Waals surface area contributed by atoms with Crippen LogP contribution in [0.5, 0.6) is 0 Å². The van der Waals surface area contributed by atoms with E-state index in [1.807, 2.05) is 32.9 Å². The van der Waals surface area contributed by atoms with Crippen LogP contribution < -0.4 is 16.0 Å². The third kappa shape index (κ3) is 6.40. The van der Waals surface area contributed by atoms with E-state index in [-0.39, 0.29) is 17.9 Å². The average Bonchev–Trinajstić information content (AvgIpc) is 2.49. The summed E-state index contributed by atoms with van der Waals surface area (Å²) in [7, 11) is 0. The Bertz CT molecular complexity index is 457. The first kappa shape index (κ1) is 17.2. The number of carbonyl (C=O) groups is 2. The summed E-state index contributed by atoms with van der Waals surface area (Å²) in [6.45, 7) is 7.54. The molecule has 5 heteroatoms. The molecule has 0 aliphatic rings. The maximum Gasteiger partial charge on any atom is 0.251 e. The molecule has 0 bridgehead atoms. The Kier molecular flexibility index (Phi) is 7.46. The number of nitrogens with one attached hydrogen (secondary N) is 3. The van der Waals surface area contributed by atoms with E-state index in [0.717, 1.165) is 12.0 Å². The highest BCUT2D eigenvalue weighted by atomic mass is 16.2. The smallest absolute Gasteiger partial charge is 0.251 e. The van der Waals surface area contributed by atoms with Crippen molar-refractivity contribution in [2.24, 2.45) is 0 Å². The van der Waals surface area contributed by atoms with Gasteiger partial charge in [-0.05, 0) is 32.4 Å². The first-order valence-corrected chi connectivity index (χ1v) is 7.40. The van der Waals surface area contributed by atoms with Crippen LogP contribution in [0.1, 0.15) is 36.2 Å². The Morgan fingerprint density at radius 3 is 2.33 bits per heavy atom. The van der Waals surface area contributed by atoms with Gasteiger partial charge < -0.3 is 16.0 Å². The van der Waals surface area contributed by atoms with Crippen LogP contribution in [0.15, 0.2) is 24.3 Å². The number of carbonyl (C=O) groups excluding carboxylic acids is 2. The van der Waals surface area contributed by atoms with E-state index in [1.165, 1.54) is 0 Å². The highest BCUT2D eigenvalue weighted by Gasteiger charge is 2.10. The van der Waals surface area contributed by atoms with Gasteiger partial charge >= 0.3 is 0 Å². The average molecular weight is 291 g/mol. The van der Waals surface area contributed by atoms with Gasteiger partial charge in [-0.3, -0.25) is 9.59 Å². The van der Waals surface area contributed by atoms with E-state index in [2.05, 4.69) is 16.0 Å². The lowest BCUT2D eigenvalue weighted by molar-refractivity contribution is -0.122. The van der Waals surface area contributed by atoms with Crippen molar-refractivity contribution in [2.45, 2.75) is 33.2 Å². The summed E-state index contributed by atoms with van der Waals surface area (Å²) >= 11 is 0.